The number of ketones is 1. The number of hydrogen-bond acceptors (Lipinski definition) is 6. The van der Waals surface area contributed by atoms with Gasteiger partial charge in [-0.05, 0) is 35.6 Å². The number of rotatable bonds is 4. The fraction of sp³-hybridized carbons (Fsp3) is 0.273. The molecule has 0 unspecified atom stereocenters. The number of Topliss-reactive ketones (excluding diaryl/α,β-unsaturated/α-hetero) is 1. The van der Waals surface area contributed by atoms with Crippen molar-refractivity contribution in [3.63, 3.8) is 0 Å². The Hall–Kier alpha value is -3.06. The molecule has 1 atom stereocenters. The topological polar surface area (TPSA) is 69.4 Å². The van der Waals surface area contributed by atoms with Crippen molar-refractivity contribution in [1.29, 1.82) is 0 Å². The molecule has 5 rings (SSSR count). The third-order valence-electron chi connectivity index (χ3n) is 5.50. The molecule has 0 bridgehead atoms. The van der Waals surface area contributed by atoms with Crippen molar-refractivity contribution in [3.05, 3.63) is 63.7 Å². The maximum Gasteiger partial charge on any atom is 0.185 e. The maximum atomic E-state index is 12.8. The van der Waals surface area contributed by atoms with Crippen molar-refractivity contribution in [2.24, 2.45) is 0 Å². The van der Waals surface area contributed by atoms with Gasteiger partial charge < -0.3 is 4.74 Å². The minimum Gasteiger partial charge on any atom is -0.497 e. The molecule has 0 spiro atoms. The number of hydrogen-bond donors (Lipinski definition) is 0. The van der Waals surface area contributed by atoms with Crippen LogP contribution in [0, 0.1) is 0 Å². The van der Waals surface area contributed by atoms with Crippen LogP contribution in [0.1, 0.15) is 46.0 Å². The quantitative estimate of drug-likeness (QED) is 0.506. The van der Waals surface area contributed by atoms with Gasteiger partial charge in [-0.3, -0.25) is 4.79 Å². The van der Waals surface area contributed by atoms with E-state index in [4.69, 9.17) is 9.84 Å². The van der Waals surface area contributed by atoms with Crippen LogP contribution in [0.3, 0.4) is 0 Å². The Morgan fingerprint density at radius 1 is 1.17 bits per heavy atom. The summed E-state index contributed by atoms with van der Waals surface area (Å²) in [7, 11) is 1.65. The first-order valence-electron chi connectivity index (χ1n) is 9.67. The molecule has 29 heavy (non-hydrogen) atoms. The fourth-order valence-corrected chi connectivity index (χ4v) is 4.87. The lowest BCUT2D eigenvalue weighted by Gasteiger charge is -2.21. The lowest BCUT2D eigenvalue weighted by Crippen LogP contribution is -2.23. The summed E-state index contributed by atoms with van der Waals surface area (Å²) in [5.41, 5.74) is 4.95. The Labute approximate surface area is 172 Å². The highest BCUT2D eigenvalue weighted by Gasteiger charge is 2.32. The van der Waals surface area contributed by atoms with E-state index < -0.39 is 0 Å². The number of methoxy groups -OCH3 is 1. The van der Waals surface area contributed by atoms with Crippen molar-refractivity contribution < 1.29 is 9.53 Å². The van der Waals surface area contributed by atoms with E-state index in [-0.39, 0.29) is 11.7 Å². The van der Waals surface area contributed by atoms with Crippen molar-refractivity contribution in [3.8, 4) is 16.9 Å². The number of benzene rings is 1. The molecule has 0 saturated heterocycles. The van der Waals surface area contributed by atoms with Gasteiger partial charge in [0.25, 0.3) is 0 Å². The molecule has 4 aromatic rings. The number of ether oxygens (including phenoxy) is 1. The van der Waals surface area contributed by atoms with Crippen molar-refractivity contribution in [2.75, 3.05) is 7.11 Å². The number of nitrogens with zero attached hydrogens (tertiary/aromatic N) is 4. The molecule has 0 N–H and O–H groups in total. The van der Waals surface area contributed by atoms with Crippen LogP contribution in [-0.4, -0.2) is 32.7 Å². The number of thiophene rings is 1. The lowest BCUT2D eigenvalue weighted by molar-refractivity contribution is 0.0956. The standard InChI is InChI=1S/C22H20N4O2S/c1-3-16-20(13-6-8-15(28-2)9-7-13)22-24-23-21-17(26(22)25-16)11-14(12-18(21)27)19-5-4-10-29-19/h4-10,14H,3,11-12H2,1-2H3/t14-/m1/s1. The number of fused-ring (bicyclic) bond motifs is 3. The third kappa shape index (κ3) is 2.93. The summed E-state index contributed by atoms with van der Waals surface area (Å²) >= 11 is 1.69. The highest BCUT2D eigenvalue weighted by molar-refractivity contribution is 7.10. The first-order valence-corrected chi connectivity index (χ1v) is 10.6. The van der Waals surface area contributed by atoms with E-state index >= 15 is 0 Å². The molecule has 3 heterocycles. The molecule has 0 fully saturated rings. The van der Waals surface area contributed by atoms with Crippen LogP contribution in [0.25, 0.3) is 16.8 Å². The van der Waals surface area contributed by atoms with E-state index in [9.17, 15) is 4.79 Å². The zero-order valence-corrected chi connectivity index (χ0v) is 17.1. The molecule has 146 valence electrons. The average Bonchev–Trinajstić information content (AvgIpc) is 3.41. The third-order valence-corrected chi connectivity index (χ3v) is 6.54. The highest BCUT2D eigenvalue weighted by atomic mass is 32.1. The molecule has 0 aliphatic heterocycles. The molecule has 3 aromatic heterocycles. The SMILES string of the molecule is CCc1nn2c3c(nnc2c1-c1ccc(OC)cc1)C(=O)C[C@H](c1cccs1)C3. The molecular formula is C22H20N4O2S. The number of carbonyl (C=O) groups is 1. The first-order chi connectivity index (χ1) is 14.2. The van der Waals surface area contributed by atoms with Gasteiger partial charge in [0.1, 0.15) is 5.75 Å². The minimum absolute atomic E-state index is 0.0404. The van der Waals surface area contributed by atoms with Gasteiger partial charge in [-0.2, -0.15) is 5.10 Å². The van der Waals surface area contributed by atoms with Crippen molar-refractivity contribution in [1.82, 2.24) is 19.8 Å². The predicted octanol–water partition coefficient (Wildman–Crippen LogP) is 4.34. The summed E-state index contributed by atoms with van der Waals surface area (Å²) in [6.45, 7) is 2.08. The molecule has 6 nitrogen and oxygen atoms in total. The average molecular weight is 404 g/mol. The smallest absolute Gasteiger partial charge is 0.185 e. The molecule has 1 aliphatic carbocycles. The molecule has 0 amide bonds. The van der Waals surface area contributed by atoms with Crippen LogP contribution >= 0.6 is 11.3 Å². The summed E-state index contributed by atoms with van der Waals surface area (Å²) in [5.74, 6) is 1.01. The van der Waals surface area contributed by atoms with E-state index in [1.807, 2.05) is 34.8 Å². The Bertz CT molecular complexity index is 1200. The number of carbonyl (C=O) groups excluding carboxylic acids is 1. The fourth-order valence-electron chi connectivity index (χ4n) is 4.04. The van der Waals surface area contributed by atoms with E-state index in [1.165, 1.54) is 4.88 Å². The Morgan fingerprint density at radius 3 is 2.69 bits per heavy atom. The summed E-state index contributed by atoms with van der Waals surface area (Å²) in [6.07, 6.45) is 1.98. The molecule has 1 aliphatic rings. The minimum atomic E-state index is 0.0404. The lowest BCUT2D eigenvalue weighted by atomic mass is 9.87. The normalized spacial score (nSPS) is 16.2. The Kier molecular flexibility index (Phi) is 4.39. The van der Waals surface area contributed by atoms with Crippen LogP contribution in [-0.2, 0) is 12.8 Å². The molecular weight excluding hydrogens is 384 g/mol. The molecule has 0 saturated carbocycles. The monoisotopic (exact) mass is 404 g/mol. The van der Waals surface area contributed by atoms with Gasteiger partial charge in [0.05, 0.1) is 24.1 Å². The van der Waals surface area contributed by atoms with Crippen LogP contribution < -0.4 is 4.74 Å². The number of aromatic nitrogens is 4. The van der Waals surface area contributed by atoms with Gasteiger partial charge in [0.15, 0.2) is 17.1 Å². The van der Waals surface area contributed by atoms with Gasteiger partial charge in [-0.25, -0.2) is 4.52 Å². The summed E-state index contributed by atoms with van der Waals surface area (Å²) in [5, 5.41) is 15.7. The summed E-state index contributed by atoms with van der Waals surface area (Å²) in [6, 6.07) is 12.0. The van der Waals surface area contributed by atoms with Gasteiger partial charge in [-0.15, -0.1) is 21.5 Å². The van der Waals surface area contributed by atoms with Crippen molar-refractivity contribution >= 4 is 22.8 Å². The number of aryl methyl sites for hydroxylation is 1. The van der Waals surface area contributed by atoms with Gasteiger partial charge in [0.2, 0.25) is 0 Å². The molecule has 7 heteroatoms. The Morgan fingerprint density at radius 2 is 2.00 bits per heavy atom. The molecule has 1 aromatic carbocycles. The van der Waals surface area contributed by atoms with Crippen LogP contribution in [0.15, 0.2) is 41.8 Å². The van der Waals surface area contributed by atoms with E-state index in [2.05, 4.69) is 28.6 Å². The van der Waals surface area contributed by atoms with Gasteiger partial charge in [-0.1, -0.05) is 25.1 Å². The Balaban J connectivity index is 1.68. The highest BCUT2D eigenvalue weighted by Crippen LogP contribution is 2.36. The van der Waals surface area contributed by atoms with Crippen LogP contribution in [0.4, 0.5) is 0 Å². The van der Waals surface area contributed by atoms with Crippen LogP contribution in [0.5, 0.6) is 5.75 Å². The van der Waals surface area contributed by atoms with E-state index in [1.54, 1.807) is 18.4 Å². The van der Waals surface area contributed by atoms with Crippen molar-refractivity contribution in [2.45, 2.75) is 32.1 Å². The van der Waals surface area contributed by atoms with Crippen LogP contribution in [0.2, 0.25) is 0 Å². The summed E-state index contributed by atoms with van der Waals surface area (Å²) < 4.78 is 7.12. The maximum absolute atomic E-state index is 12.8. The zero-order chi connectivity index (χ0) is 20.0. The van der Waals surface area contributed by atoms with E-state index in [0.717, 1.165) is 41.1 Å². The zero-order valence-electron chi connectivity index (χ0n) is 16.3. The molecule has 0 radical (unpaired) electrons. The predicted molar refractivity (Wildman–Crippen MR) is 112 cm³/mol. The second-order valence-corrected chi connectivity index (χ2v) is 8.16. The van der Waals surface area contributed by atoms with Gasteiger partial charge in [0, 0.05) is 23.6 Å². The second-order valence-electron chi connectivity index (χ2n) is 7.18. The second kappa shape index (κ2) is 7.08. The largest absolute Gasteiger partial charge is 0.497 e. The van der Waals surface area contributed by atoms with Gasteiger partial charge >= 0.3 is 0 Å². The van der Waals surface area contributed by atoms with E-state index in [0.29, 0.717) is 17.8 Å². The first kappa shape index (κ1) is 18.0. The summed E-state index contributed by atoms with van der Waals surface area (Å²) in [4.78, 5) is 14.0.